The second-order valence-corrected chi connectivity index (χ2v) is 11.6. The second-order valence-electron chi connectivity index (χ2n) is 10.6. The number of hydrogen-bond donors (Lipinski definition) is 2. The smallest absolute Gasteiger partial charge is 0.455 e. The van der Waals surface area contributed by atoms with Gasteiger partial charge in [0.25, 0.3) is 0 Å². The molecule has 6 nitrogen and oxygen atoms in total. The summed E-state index contributed by atoms with van der Waals surface area (Å²) in [6.45, 7) is 4.14. The molecular formula is C30H33BBrNO5. The number of nitrogens with zero attached hydrogens (tertiary/aromatic N) is 1. The zero-order valence-corrected chi connectivity index (χ0v) is 23.4. The van der Waals surface area contributed by atoms with E-state index in [1.807, 2.05) is 37.3 Å². The largest absolute Gasteiger partial charge is 0.507 e. The van der Waals surface area contributed by atoms with Crippen LogP contribution in [0.1, 0.15) is 51.5 Å². The third-order valence-corrected chi connectivity index (χ3v) is 8.56. The standard InChI is InChI=1S/C30H33BBrNO5/c1-3-7-19-16-23-28(30(36)33(29(23)35)22-8-5-4-6-9-22)24-17-31(37)38-26(27(19)24)13-10-18(2)14-20-15-21(32)11-12-25(20)34/h4-6,8-9,11-12,14-15,23-24,26,28,34,37H,3,7,10,13,16-17H2,1-2H3/b18-14+/t23-,24+,26-,28-/m1/s1. The Kier molecular flexibility index (Phi) is 7.94. The van der Waals surface area contributed by atoms with Crippen LogP contribution in [0.2, 0.25) is 6.32 Å². The lowest BCUT2D eigenvalue weighted by molar-refractivity contribution is -0.122. The van der Waals surface area contributed by atoms with E-state index in [0.717, 1.165) is 34.0 Å². The lowest BCUT2D eigenvalue weighted by Gasteiger charge is -2.43. The average molecular weight is 578 g/mol. The van der Waals surface area contributed by atoms with Gasteiger partial charge in [0.1, 0.15) is 5.75 Å². The van der Waals surface area contributed by atoms with Crippen LogP contribution in [0.5, 0.6) is 5.75 Å². The molecule has 0 spiro atoms. The summed E-state index contributed by atoms with van der Waals surface area (Å²) in [5, 5.41) is 21.0. The first-order chi connectivity index (χ1) is 18.3. The number of benzene rings is 2. The molecule has 0 bridgehead atoms. The number of imide groups is 1. The molecule has 0 radical (unpaired) electrons. The number of hydrogen-bond acceptors (Lipinski definition) is 5. The maximum Gasteiger partial charge on any atom is 0.455 e. The lowest BCUT2D eigenvalue weighted by Crippen LogP contribution is -2.46. The first kappa shape index (κ1) is 26.9. The first-order valence-corrected chi connectivity index (χ1v) is 14.2. The van der Waals surface area contributed by atoms with Crippen LogP contribution in [0.15, 0.2) is 69.7 Å². The van der Waals surface area contributed by atoms with Crippen LogP contribution in [0.3, 0.4) is 0 Å². The Hall–Kier alpha value is -2.68. The van der Waals surface area contributed by atoms with Crippen molar-refractivity contribution in [1.82, 2.24) is 0 Å². The van der Waals surface area contributed by atoms with Gasteiger partial charge < -0.3 is 14.8 Å². The molecule has 2 N–H and O–H groups in total. The fraction of sp³-hybridized carbons (Fsp3) is 0.400. The van der Waals surface area contributed by atoms with Crippen molar-refractivity contribution in [2.75, 3.05) is 4.90 Å². The predicted molar refractivity (Wildman–Crippen MR) is 152 cm³/mol. The van der Waals surface area contributed by atoms with Gasteiger partial charge in [0.05, 0.1) is 23.6 Å². The Bertz CT molecular complexity index is 1290. The van der Waals surface area contributed by atoms with Gasteiger partial charge in [0.2, 0.25) is 11.8 Å². The molecule has 1 aliphatic carbocycles. The molecule has 2 heterocycles. The van der Waals surface area contributed by atoms with E-state index < -0.39 is 19.0 Å². The molecule has 0 saturated carbocycles. The van der Waals surface area contributed by atoms with E-state index in [2.05, 4.69) is 22.9 Å². The quantitative estimate of drug-likeness (QED) is 0.234. The molecule has 3 aliphatic rings. The molecule has 2 fully saturated rings. The predicted octanol–water partition coefficient (Wildman–Crippen LogP) is 6.14. The fourth-order valence-corrected chi connectivity index (χ4v) is 6.85. The number of halogens is 1. The summed E-state index contributed by atoms with van der Waals surface area (Å²) in [6, 6.07) is 14.5. The normalized spacial score (nSPS) is 25.6. The number of amides is 2. The number of para-hydroxylation sites is 1. The lowest BCUT2D eigenvalue weighted by atomic mass is 9.58. The first-order valence-electron chi connectivity index (χ1n) is 13.4. The highest BCUT2D eigenvalue weighted by Crippen LogP contribution is 2.52. The van der Waals surface area contributed by atoms with E-state index >= 15 is 0 Å². The van der Waals surface area contributed by atoms with Crippen LogP contribution in [0, 0.1) is 17.8 Å². The molecule has 2 aromatic rings. The number of anilines is 1. The van der Waals surface area contributed by atoms with Gasteiger partial charge >= 0.3 is 7.12 Å². The number of carbonyl (C=O) groups excluding carboxylic acids is 2. The van der Waals surface area contributed by atoms with Gasteiger partial charge in [-0.05, 0) is 80.8 Å². The van der Waals surface area contributed by atoms with Crippen LogP contribution < -0.4 is 4.90 Å². The van der Waals surface area contributed by atoms with Crippen LogP contribution in [0.25, 0.3) is 6.08 Å². The molecule has 2 amide bonds. The van der Waals surface area contributed by atoms with E-state index in [-0.39, 0.29) is 29.6 Å². The van der Waals surface area contributed by atoms with Crippen molar-refractivity contribution in [3.05, 3.63) is 75.3 Å². The molecule has 2 aliphatic heterocycles. The summed E-state index contributed by atoms with van der Waals surface area (Å²) in [6.07, 6.45) is 5.66. The number of allylic oxidation sites excluding steroid dienone is 2. The van der Waals surface area contributed by atoms with Crippen molar-refractivity contribution in [3.8, 4) is 5.75 Å². The number of phenolic OH excluding ortho intramolecular Hbond substituents is 1. The Labute approximate surface area is 232 Å². The summed E-state index contributed by atoms with van der Waals surface area (Å²) in [5.41, 5.74) is 4.75. The highest BCUT2D eigenvalue weighted by Gasteiger charge is 2.57. The molecule has 4 atom stereocenters. The minimum atomic E-state index is -0.984. The van der Waals surface area contributed by atoms with E-state index in [1.165, 1.54) is 10.5 Å². The fourth-order valence-electron chi connectivity index (χ4n) is 6.47. The minimum absolute atomic E-state index is 0.135. The van der Waals surface area contributed by atoms with E-state index in [1.54, 1.807) is 24.3 Å². The van der Waals surface area contributed by atoms with Crippen LogP contribution in [0.4, 0.5) is 5.69 Å². The monoisotopic (exact) mass is 577 g/mol. The van der Waals surface area contributed by atoms with E-state index in [9.17, 15) is 19.7 Å². The second kappa shape index (κ2) is 11.2. The van der Waals surface area contributed by atoms with E-state index in [0.29, 0.717) is 31.3 Å². The number of carbonyl (C=O) groups is 2. The topological polar surface area (TPSA) is 87.1 Å². The number of phenols is 1. The summed E-state index contributed by atoms with van der Waals surface area (Å²) in [5.74, 6) is -1.18. The number of rotatable bonds is 7. The number of aromatic hydroxyl groups is 1. The van der Waals surface area contributed by atoms with E-state index in [4.69, 9.17) is 4.65 Å². The van der Waals surface area contributed by atoms with Crippen LogP contribution in [-0.4, -0.2) is 35.2 Å². The van der Waals surface area contributed by atoms with Gasteiger partial charge in [-0.2, -0.15) is 0 Å². The summed E-state index contributed by atoms with van der Waals surface area (Å²) < 4.78 is 6.99. The molecule has 2 saturated heterocycles. The molecule has 2 aromatic carbocycles. The van der Waals surface area contributed by atoms with Crippen molar-refractivity contribution >= 4 is 46.6 Å². The van der Waals surface area contributed by atoms with Crippen LogP contribution in [-0.2, 0) is 14.2 Å². The maximum atomic E-state index is 13.7. The van der Waals surface area contributed by atoms with Gasteiger partial charge in [0, 0.05) is 10.0 Å². The molecule has 38 heavy (non-hydrogen) atoms. The molecule has 198 valence electrons. The van der Waals surface area contributed by atoms with Gasteiger partial charge in [-0.1, -0.05) is 64.7 Å². The number of fused-ring (bicyclic) bond motifs is 3. The van der Waals surface area contributed by atoms with Crippen molar-refractivity contribution in [3.63, 3.8) is 0 Å². The Morgan fingerprint density at radius 2 is 1.92 bits per heavy atom. The zero-order valence-electron chi connectivity index (χ0n) is 21.8. The summed E-state index contributed by atoms with van der Waals surface area (Å²) >= 11 is 3.46. The molecule has 0 aromatic heterocycles. The highest BCUT2D eigenvalue weighted by molar-refractivity contribution is 9.10. The minimum Gasteiger partial charge on any atom is -0.507 e. The van der Waals surface area contributed by atoms with Gasteiger partial charge in [-0.15, -0.1) is 0 Å². The van der Waals surface area contributed by atoms with Crippen molar-refractivity contribution in [1.29, 1.82) is 0 Å². The molecule has 0 unspecified atom stereocenters. The van der Waals surface area contributed by atoms with Crippen molar-refractivity contribution in [2.45, 2.75) is 58.4 Å². The maximum absolute atomic E-state index is 13.7. The summed E-state index contributed by atoms with van der Waals surface area (Å²) in [7, 11) is -0.984. The average Bonchev–Trinajstić information content (AvgIpc) is 3.14. The van der Waals surface area contributed by atoms with Crippen LogP contribution >= 0.6 is 15.9 Å². The van der Waals surface area contributed by atoms with Gasteiger partial charge in [-0.3, -0.25) is 14.5 Å². The molecular weight excluding hydrogens is 545 g/mol. The third-order valence-electron chi connectivity index (χ3n) is 8.07. The highest BCUT2D eigenvalue weighted by atomic mass is 79.9. The van der Waals surface area contributed by atoms with Gasteiger partial charge in [0.15, 0.2) is 0 Å². The van der Waals surface area contributed by atoms with Crippen molar-refractivity contribution < 1.29 is 24.4 Å². The molecule has 5 rings (SSSR count). The Morgan fingerprint density at radius 1 is 1.16 bits per heavy atom. The Balaban J connectivity index is 1.43. The Morgan fingerprint density at radius 3 is 2.66 bits per heavy atom. The van der Waals surface area contributed by atoms with Crippen molar-refractivity contribution in [2.24, 2.45) is 17.8 Å². The summed E-state index contributed by atoms with van der Waals surface area (Å²) in [4.78, 5) is 28.6. The third kappa shape index (κ3) is 5.14. The van der Waals surface area contributed by atoms with Gasteiger partial charge in [-0.25, -0.2) is 0 Å². The zero-order chi connectivity index (χ0) is 27.0. The molecule has 8 heteroatoms. The SMILES string of the molecule is CCCC1=C2[C@@H](CC/C(C)=C/c3cc(Br)ccc3O)OB(O)C[C@@H]2[C@@H]2C(=O)N(c3ccccc3)C(=O)[C@@H]2C1.